The molecule has 0 aliphatic carbocycles. The second-order valence-electron chi connectivity index (χ2n) is 4.69. The lowest BCUT2D eigenvalue weighted by Gasteiger charge is -2.08. The fraction of sp³-hybridized carbons (Fsp3) is 0.0667. The van der Waals surface area contributed by atoms with E-state index in [9.17, 15) is 9.59 Å². The third-order valence-electron chi connectivity index (χ3n) is 3.25. The normalized spacial score (nSPS) is 10.6. The van der Waals surface area contributed by atoms with Gasteiger partial charge in [-0.15, -0.1) is 0 Å². The predicted octanol–water partition coefficient (Wildman–Crippen LogP) is 1.33. The van der Waals surface area contributed by atoms with Crippen LogP contribution in [0.15, 0.2) is 53.7 Å². The molecule has 0 saturated carbocycles. The summed E-state index contributed by atoms with van der Waals surface area (Å²) < 4.78 is 2.92. The first kappa shape index (κ1) is 13.7. The number of benzene rings is 1. The average molecular weight is 296 g/mol. The van der Waals surface area contributed by atoms with Gasteiger partial charge in [-0.1, -0.05) is 12.1 Å². The van der Waals surface area contributed by atoms with Crippen LogP contribution in [0.2, 0.25) is 0 Å². The summed E-state index contributed by atoms with van der Waals surface area (Å²) in [6, 6.07) is 9.63. The maximum atomic E-state index is 12.0. The monoisotopic (exact) mass is 296 g/mol. The SMILES string of the molecule is Cn1ncnc1-c1cccc(-n2cc(C(=O)O)ccc2=O)c1. The van der Waals surface area contributed by atoms with Crippen molar-refractivity contribution in [3.63, 3.8) is 0 Å². The van der Waals surface area contributed by atoms with Crippen LogP contribution in [-0.4, -0.2) is 30.4 Å². The molecule has 3 rings (SSSR count). The summed E-state index contributed by atoms with van der Waals surface area (Å²) in [6.07, 6.45) is 2.75. The molecule has 1 aromatic carbocycles. The number of aryl methyl sites for hydroxylation is 1. The number of nitrogens with zero attached hydrogens (tertiary/aromatic N) is 4. The van der Waals surface area contributed by atoms with Gasteiger partial charge in [-0.05, 0) is 18.2 Å². The first-order valence-corrected chi connectivity index (χ1v) is 6.47. The zero-order valence-corrected chi connectivity index (χ0v) is 11.7. The van der Waals surface area contributed by atoms with E-state index in [-0.39, 0.29) is 11.1 Å². The summed E-state index contributed by atoms with van der Waals surface area (Å²) >= 11 is 0. The third kappa shape index (κ3) is 2.39. The summed E-state index contributed by atoms with van der Waals surface area (Å²) in [6.45, 7) is 0. The molecule has 22 heavy (non-hydrogen) atoms. The van der Waals surface area contributed by atoms with Crippen LogP contribution in [-0.2, 0) is 7.05 Å². The predicted molar refractivity (Wildman–Crippen MR) is 79.0 cm³/mol. The number of aromatic carboxylic acids is 1. The van der Waals surface area contributed by atoms with Crippen molar-refractivity contribution in [3.05, 3.63) is 64.8 Å². The number of carboxylic acid groups (broad SMARTS) is 1. The van der Waals surface area contributed by atoms with Gasteiger partial charge in [0.25, 0.3) is 5.56 Å². The Hall–Kier alpha value is -3.22. The first-order chi connectivity index (χ1) is 10.6. The van der Waals surface area contributed by atoms with E-state index in [0.717, 1.165) is 5.56 Å². The lowest BCUT2D eigenvalue weighted by molar-refractivity contribution is 0.0696. The molecular weight excluding hydrogens is 284 g/mol. The van der Waals surface area contributed by atoms with E-state index in [4.69, 9.17) is 5.11 Å². The van der Waals surface area contributed by atoms with E-state index in [1.165, 1.54) is 29.2 Å². The van der Waals surface area contributed by atoms with Gasteiger partial charge < -0.3 is 5.11 Å². The Morgan fingerprint density at radius 3 is 2.73 bits per heavy atom. The molecule has 0 unspecified atom stereocenters. The van der Waals surface area contributed by atoms with Gasteiger partial charge in [0.2, 0.25) is 0 Å². The molecule has 0 bridgehead atoms. The highest BCUT2D eigenvalue weighted by Gasteiger charge is 2.09. The van der Waals surface area contributed by atoms with E-state index >= 15 is 0 Å². The lowest BCUT2D eigenvalue weighted by Crippen LogP contribution is -2.18. The number of carboxylic acids is 1. The van der Waals surface area contributed by atoms with Crippen LogP contribution in [0.5, 0.6) is 0 Å². The van der Waals surface area contributed by atoms with Crippen molar-refractivity contribution in [1.82, 2.24) is 19.3 Å². The van der Waals surface area contributed by atoms with Gasteiger partial charge in [0.05, 0.1) is 5.56 Å². The standard InChI is InChI=1S/C15H12N4O3/c1-18-14(16-9-17-18)10-3-2-4-12(7-10)19-8-11(15(21)22)5-6-13(19)20/h2-9H,1H3,(H,21,22). The minimum atomic E-state index is -1.08. The van der Waals surface area contributed by atoms with Crippen LogP contribution in [0.3, 0.4) is 0 Å². The number of hydrogen-bond donors (Lipinski definition) is 1. The minimum Gasteiger partial charge on any atom is -0.478 e. The van der Waals surface area contributed by atoms with E-state index in [1.54, 1.807) is 29.9 Å². The van der Waals surface area contributed by atoms with Crippen LogP contribution in [0.4, 0.5) is 0 Å². The zero-order valence-electron chi connectivity index (χ0n) is 11.7. The van der Waals surface area contributed by atoms with Gasteiger partial charge in [-0.25, -0.2) is 14.5 Å². The van der Waals surface area contributed by atoms with Crippen molar-refractivity contribution in [2.45, 2.75) is 0 Å². The Labute approximate surface area is 125 Å². The molecule has 7 heteroatoms. The van der Waals surface area contributed by atoms with Crippen molar-refractivity contribution in [3.8, 4) is 17.1 Å². The maximum Gasteiger partial charge on any atom is 0.337 e. The molecule has 3 aromatic rings. The summed E-state index contributed by atoms with van der Waals surface area (Å²) in [5.41, 5.74) is 1.09. The number of rotatable bonds is 3. The number of aromatic nitrogens is 4. The van der Waals surface area contributed by atoms with E-state index in [2.05, 4.69) is 10.1 Å². The van der Waals surface area contributed by atoms with Crippen LogP contribution < -0.4 is 5.56 Å². The summed E-state index contributed by atoms with van der Waals surface area (Å²) in [5.74, 6) is -0.428. The smallest absolute Gasteiger partial charge is 0.337 e. The molecule has 0 spiro atoms. The van der Waals surface area contributed by atoms with Gasteiger partial charge in [0.15, 0.2) is 5.82 Å². The molecule has 0 atom stereocenters. The molecule has 2 aromatic heterocycles. The molecule has 7 nitrogen and oxygen atoms in total. The zero-order chi connectivity index (χ0) is 15.7. The Bertz CT molecular complexity index is 911. The quantitative estimate of drug-likeness (QED) is 0.787. The highest BCUT2D eigenvalue weighted by atomic mass is 16.4. The molecule has 1 N–H and O–H groups in total. The molecular formula is C15H12N4O3. The van der Waals surface area contributed by atoms with Crippen molar-refractivity contribution >= 4 is 5.97 Å². The second kappa shape index (κ2) is 5.28. The van der Waals surface area contributed by atoms with Crippen molar-refractivity contribution in [2.75, 3.05) is 0 Å². The van der Waals surface area contributed by atoms with Gasteiger partial charge >= 0.3 is 5.97 Å². The number of pyridine rings is 1. The minimum absolute atomic E-state index is 0.0451. The van der Waals surface area contributed by atoms with Crippen LogP contribution in [0.25, 0.3) is 17.1 Å². The van der Waals surface area contributed by atoms with Gasteiger partial charge in [-0.2, -0.15) is 5.10 Å². The van der Waals surface area contributed by atoms with Crippen LogP contribution in [0, 0.1) is 0 Å². The third-order valence-corrected chi connectivity index (χ3v) is 3.25. The van der Waals surface area contributed by atoms with Gasteiger partial charge in [0.1, 0.15) is 6.33 Å². The van der Waals surface area contributed by atoms with Gasteiger partial charge in [0, 0.05) is 30.6 Å². The Morgan fingerprint density at radius 2 is 2.05 bits per heavy atom. The van der Waals surface area contributed by atoms with E-state index < -0.39 is 5.97 Å². The Balaban J connectivity index is 2.14. The highest BCUT2D eigenvalue weighted by Crippen LogP contribution is 2.18. The lowest BCUT2D eigenvalue weighted by atomic mass is 10.2. The van der Waals surface area contributed by atoms with Crippen LogP contribution >= 0.6 is 0 Å². The molecule has 2 heterocycles. The second-order valence-corrected chi connectivity index (χ2v) is 4.69. The van der Waals surface area contributed by atoms with Crippen LogP contribution in [0.1, 0.15) is 10.4 Å². The molecule has 0 saturated heterocycles. The molecule has 0 radical (unpaired) electrons. The molecule has 0 fully saturated rings. The topological polar surface area (TPSA) is 90.0 Å². The summed E-state index contributed by atoms with van der Waals surface area (Å²) in [4.78, 5) is 27.2. The number of carbonyl (C=O) groups is 1. The van der Waals surface area contributed by atoms with Crippen molar-refractivity contribution in [2.24, 2.45) is 7.05 Å². The van der Waals surface area contributed by atoms with Crippen molar-refractivity contribution in [1.29, 1.82) is 0 Å². The van der Waals surface area contributed by atoms with Gasteiger partial charge in [-0.3, -0.25) is 9.36 Å². The fourth-order valence-corrected chi connectivity index (χ4v) is 2.17. The van der Waals surface area contributed by atoms with E-state index in [0.29, 0.717) is 11.5 Å². The molecule has 110 valence electrons. The summed E-state index contributed by atoms with van der Waals surface area (Å²) in [5, 5.41) is 13.1. The largest absolute Gasteiger partial charge is 0.478 e. The Morgan fingerprint density at radius 1 is 1.23 bits per heavy atom. The average Bonchev–Trinajstić information content (AvgIpc) is 2.94. The molecule has 0 amide bonds. The Kier molecular flexibility index (Phi) is 3.30. The summed E-state index contributed by atoms with van der Waals surface area (Å²) in [7, 11) is 1.77. The first-order valence-electron chi connectivity index (χ1n) is 6.47. The maximum absolute atomic E-state index is 12.0. The van der Waals surface area contributed by atoms with Crippen molar-refractivity contribution < 1.29 is 9.90 Å². The number of hydrogen-bond acceptors (Lipinski definition) is 4. The van der Waals surface area contributed by atoms with E-state index in [1.807, 2.05) is 6.07 Å². The molecule has 0 aliphatic rings. The molecule has 0 aliphatic heterocycles. The fourth-order valence-electron chi connectivity index (χ4n) is 2.17. The highest BCUT2D eigenvalue weighted by molar-refractivity contribution is 5.87.